The Kier molecular flexibility index (Phi) is 5.87. The molecule has 0 aliphatic heterocycles. The average molecular weight is 394 g/mol. The van der Waals surface area contributed by atoms with Crippen molar-refractivity contribution in [2.75, 3.05) is 13.6 Å². The zero-order valence-corrected chi connectivity index (χ0v) is 17.4. The summed E-state index contributed by atoms with van der Waals surface area (Å²) >= 11 is 0. The summed E-state index contributed by atoms with van der Waals surface area (Å²) in [5.74, 6) is 0.0258. The topological polar surface area (TPSA) is 80.4 Å². The Hall–Kier alpha value is -3.35. The molecule has 152 valence electrons. The van der Waals surface area contributed by atoms with Crippen LogP contribution in [0, 0.1) is 27.7 Å². The molecule has 0 unspecified atom stereocenters. The molecule has 0 saturated carbocycles. The first-order valence-corrected chi connectivity index (χ1v) is 9.47. The molecule has 0 atom stereocenters. The van der Waals surface area contributed by atoms with Crippen LogP contribution in [0.25, 0.3) is 5.69 Å². The van der Waals surface area contributed by atoms with E-state index in [2.05, 4.69) is 10.4 Å². The Balaban J connectivity index is 1.68. The second-order valence-corrected chi connectivity index (χ2v) is 7.17. The van der Waals surface area contributed by atoms with Gasteiger partial charge in [0.2, 0.25) is 5.91 Å². The van der Waals surface area contributed by atoms with Crippen LogP contribution in [0.5, 0.6) is 0 Å². The number of rotatable bonds is 6. The smallest absolute Gasteiger partial charge is 0.255 e. The van der Waals surface area contributed by atoms with E-state index in [-0.39, 0.29) is 18.4 Å². The Morgan fingerprint density at radius 1 is 1.14 bits per heavy atom. The Morgan fingerprint density at radius 2 is 1.86 bits per heavy atom. The number of nitrogens with one attached hydrogen (secondary N) is 1. The fraction of sp³-hybridized carbons (Fsp3) is 0.318. The molecule has 2 amide bonds. The van der Waals surface area contributed by atoms with E-state index in [4.69, 9.17) is 4.42 Å². The van der Waals surface area contributed by atoms with Gasteiger partial charge in [0, 0.05) is 24.8 Å². The lowest BCUT2D eigenvalue weighted by Gasteiger charge is -2.18. The lowest BCUT2D eigenvalue weighted by atomic mass is 10.1. The van der Waals surface area contributed by atoms with Crippen LogP contribution >= 0.6 is 0 Å². The minimum Gasteiger partial charge on any atom is -0.469 e. The molecule has 1 aromatic carbocycles. The quantitative estimate of drug-likeness (QED) is 0.697. The molecule has 0 radical (unpaired) electrons. The number of carbonyl (C=O) groups excluding carboxylic acids is 2. The highest BCUT2D eigenvalue weighted by Gasteiger charge is 2.19. The summed E-state index contributed by atoms with van der Waals surface area (Å²) in [6, 6.07) is 9.65. The van der Waals surface area contributed by atoms with Crippen LogP contribution in [0.2, 0.25) is 0 Å². The number of aryl methyl sites for hydroxylation is 3. The highest BCUT2D eigenvalue weighted by atomic mass is 16.3. The molecule has 0 aliphatic rings. The molecular weight excluding hydrogens is 368 g/mol. The molecular formula is C22H26N4O3. The van der Waals surface area contributed by atoms with Crippen LogP contribution in [0.15, 0.2) is 41.0 Å². The molecule has 0 saturated heterocycles. The number of hydrogen-bond acceptors (Lipinski definition) is 4. The van der Waals surface area contributed by atoms with E-state index in [0.717, 1.165) is 28.2 Å². The van der Waals surface area contributed by atoms with Crippen molar-refractivity contribution in [1.82, 2.24) is 20.0 Å². The number of furan rings is 1. The minimum absolute atomic E-state index is 0.0794. The van der Waals surface area contributed by atoms with E-state index in [1.54, 1.807) is 24.9 Å². The number of carbonyl (C=O) groups is 2. The lowest BCUT2D eigenvalue weighted by molar-refractivity contribution is -0.129. The number of likely N-dealkylation sites (N-methyl/N-ethyl adjacent to an activating group) is 1. The highest BCUT2D eigenvalue weighted by Crippen LogP contribution is 2.21. The van der Waals surface area contributed by atoms with E-state index < -0.39 is 0 Å². The van der Waals surface area contributed by atoms with Crippen LogP contribution in [-0.2, 0) is 11.3 Å². The summed E-state index contributed by atoms with van der Waals surface area (Å²) in [5.41, 5.74) is 5.47. The maximum atomic E-state index is 12.5. The average Bonchev–Trinajstić information content (AvgIpc) is 3.24. The van der Waals surface area contributed by atoms with E-state index in [1.807, 2.05) is 49.7 Å². The van der Waals surface area contributed by atoms with Gasteiger partial charge in [-0.1, -0.05) is 18.2 Å². The number of para-hydroxylation sites is 1. The minimum atomic E-state index is -0.322. The molecule has 7 nitrogen and oxygen atoms in total. The van der Waals surface area contributed by atoms with E-state index in [0.29, 0.717) is 17.9 Å². The molecule has 29 heavy (non-hydrogen) atoms. The van der Waals surface area contributed by atoms with Crippen LogP contribution in [0.3, 0.4) is 0 Å². The van der Waals surface area contributed by atoms with Crippen LogP contribution in [0.1, 0.15) is 38.6 Å². The fourth-order valence-corrected chi connectivity index (χ4v) is 3.27. The predicted molar refractivity (Wildman–Crippen MR) is 110 cm³/mol. The normalized spacial score (nSPS) is 10.8. The van der Waals surface area contributed by atoms with Crippen molar-refractivity contribution >= 4 is 11.8 Å². The number of nitrogens with zero attached hydrogens (tertiary/aromatic N) is 3. The second-order valence-electron chi connectivity index (χ2n) is 7.17. The third-order valence-corrected chi connectivity index (χ3v) is 5.11. The van der Waals surface area contributed by atoms with E-state index in [1.165, 1.54) is 6.26 Å². The van der Waals surface area contributed by atoms with Crippen molar-refractivity contribution in [3.63, 3.8) is 0 Å². The van der Waals surface area contributed by atoms with Crippen molar-refractivity contribution in [1.29, 1.82) is 0 Å². The van der Waals surface area contributed by atoms with Crippen molar-refractivity contribution in [3.05, 3.63) is 70.4 Å². The predicted octanol–water partition coefficient (Wildman–Crippen LogP) is 3.09. The number of amides is 2. The summed E-state index contributed by atoms with van der Waals surface area (Å²) < 4.78 is 7.05. The maximum Gasteiger partial charge on any atom is 0.255 e. The van der Waals surface area contributed by atoms with E-state index >= 15 is 0 Å². The molecule has 3 rings (SSSR count). The van der Waals surface area contributed by atoms with Crippen molar-refractivity contribution in [3.8, 4) is 5.69 Å². The largest absolute Gasteiger partial charge is 0.469 e. The van der Waals surface area contributed by atoms with Crippen molar-refractivity contribution in [2.24, 2.45) is 0 Å². The van der Waals surface area contributed by atoms with E-state index in [9.17, 15) is 9.59 Å². The van der Waals surface area contributed by atoms with Gasteiger partial charge in [-0.3, -0.25) is 9.59 Å². The summed E-state index contributed by atoms with van der Waals surface area (Å²) in [6.07, 6.45) is 1.45. The van der Waals surface area contributed by atoms with Gasteiger partial charge in [-0.05, 0) is 45.4 Å². The third kappa shape index (κ3) is 4.23. The molecule has 1 N–H and O–H groups in total. The maximum absolute atomic E-state index is 12.5. The van der Waals surface area contributed by atoms with Crippen LogP contribution in [0.4, 0.5) is 0 Å². The molecule has 0 spiro atoms. The molecule has 3 aromatic rings. The van der Waals surface area contributed by atoms with Gasteiger partial charge in [-0.2, -0.15) is 5.10 Å². The fourth-order valence-electron chi connectivity index (χ4n) is 3.27. The van der Waals surface area contributed by atoms with Gasteiger partial charge in [0.25, 0.3) is 5.91 Å². The molecule has 2 aromatic heterocycles. The zero-order chi connectivity index (χ0) is 21.1. The monoisotopic (exact) mass is 394 g/mol. The van der Waals surface area contributed by atoms with Gasteiger partial charge in [0.05, 0.1) is 29.8 Å². The molecule has 0 fully saturated rings. The molecule has 7 heteroatoms. The molecule has 0 aliphatic carbocycles. The van der Waals surface area contributed by atoms with Crippen molar-refractivity contribution < 1.29 is 14.0 Å². The summed E-state index contributed by atoms with van der Waals surface area (Å²) in [6.45, 7) is 8.04. The second kappa shape index (κ2) is 8.34. The van der Waals surface area contributed by atoms with Gasteiger partial charge >= 0.3 is 0 Å². The Labute approximate surface area is 170 Å². The zero-order valence-electron chi connectivity index (χ0n) is 17.4. The Morgan fingerprint density at radius 3 is 2.52 bits per heavy atom. The first-order valence-electron chi connectivity index (χ1n) is 9.47. The number of hydrogen-bond donors (Lipinski definition) is 1. The third-order valence-electron chi connectivity index (χ3n) is 5.11. The van der Waals surface area contributed by atoms with Crippen LogP contribution < -0.4 is 5.32 Å². The van der Waals surface area contributed by atoms with Gasteiger partial charge in [0.15, 0.2) is 0 Å². The number of aromatic nitrogens is 2. The molecule has 2 heterocycles. The summed E-state index contributed by atoms with van der Waals surface area (Å²) in [7, 11) is 1.72. The summed E-state index contributed by atoms with van der Waals surface area (Å²) in [4.78, 5) is 26.3. The standard InChI is InChI=1S/C22H26N4O3/c1-14-8-6-7-9-20(14)26-16(3)19(15(2)24-26)13-25(5)21(27)12-23-22(28)18-10-11-29-17(18)4/h6-11H,12-13H2,1-5H3,(H,23,28). The van der Waals surface area contributed by atoms with Gasteiger partial charge < -0.3 is 14.6 Å². The van der Waals surface area contributed by atoms with Gasteiger partial charge in [0.1, 0.15) is 5.76 Å². The first kappa shape index (κ1) is 20.4. The Bertz CT molecular complexity index is 1050. The SMILES string of the molecule is Cc1ccccc1-n1nc(C)c(CN(C)C(=O)CNC(=O)c2ccoc2C)c1C. The highest BCUT2D eigenvalue weighted by molar-refractivity contribution is 5.97. The van der Waals surface area contributed by atoms with Crippen molar-refractivity contribution in [2.45, 2.75) is 34.2 Å². The van der Waals surface area contributed by atoms with Gasteiger partial charge in [-0.25, -0.2) is 4.68 Å². The van der Waals surface area contributed by atoms with Crippen LogP contribution in [-0.4, -0.2) is 40.1 Å². The lowest BCUT2D eigenvalue weighted by Crippen LogP contribution is -2.38. The number of benzene rings is 1. The first-order chi connectivity index (χ1) is 13.8. The molecule has 0 bridgehead atoms. The summed E-state index contributed by atoms with van der Waals surface area (Å²) in [5, 5.41) is 7.32. The van der Waals surface area contributed by atoms with Gasteiger partial charge in [-0.15, -0.1) is 0 Å².